The number of hydrogen-bond acceptors (Lipinski definition) is 3. The molecule has 0 saturated carbocycles. The van der Waals surface area contributed by atoms with E-state index in [2.05, 4.69) is 10.5 Å². The highest BCUT2D eigenvalue weighted by molar-refractivity contribution is 8.05. The van der Waals surface area contributed by atoms with E-state index < -0.39 is 0 Å². The molecule has 0 aromatic heterocycles. The van der Waals surface area contributed by atoms with Crippen molar-refractivity contribution in [3.63, 3.8) is 0 Å². The van der Waals surface area contributed by atoms with Gasteiger partial charge in [-0.25, -0.2) is 5.43 Å². The molecule has 0 aromatic carbocycles. The third-order valence-electron chi connectivity index (χ3n) is 1.50. The third kappa shape index (κ3) is 1.21. The van der Waals surface area contributed by atoms with E-state index in [0.717, 1.165) is 11.3 Å². The van der Waals surface area contributed by atoms with Crippen molar-refractivity contribution in [1.29, 1.82) is 0 Å². The van der Waals surface area contributed by atoms with Crippen molar-refractivity contribution in [3.8, 4) is 0 Å². The fourth-order valence-corrected chi connectivity index (χ4v) is 1.62. The van der Waals surface area contributed by atoms with Crippen LogP contribution < -0.4 is 5.43 Å². The molecule has 0 unspecified atom stereocenters. The molecule has 0 radical (unpaired) electrons. The van der Waals surface area contributed by atoms with Crippen LogP contribution in [-0.4, -0.2) is 11.6 Å². The predicted octanol–water partition coefficient (Wildman–Crippen LogP) is 1.01. The number of rotatable bonds is 0. The van der Waals surface area contributed by atoms with Crippen molar-refractivity contribution < 1.29 is 4.79 Å². The molecule has 4 heteroatoms. The van der Waals surface area contributed by atoms with Crippen molar-refractivity contribution in [3.05, 3.63) is 22.5 Å². The van der Waals surface area contributed by atoms with Crippen molar-refractivity contribution in [1.82, 2.24) is 5.43 Å². The summed E-state index contributed by atoms with van der Waals surface area (Å²) in [5.74, 6) is -0.0316. The summed E-state index contributed by atoms with van der Waals surface area (Å²) in [7, 11) is 0. The standard InChI is InChI=1S/C7H6N2OS/c10-7-3-5-4-11-2-1-6(5)8-9-7/h1-2,4H,3H2,(H,9,10). The molecule has 2 heterocycles. The highest BCUT2D eigenvalue weighted by Crippen LogP contribution is 2.21. The van der Waals surface area contributed by atoms with E-state index in [9.17, 15) is 4.79 Å². The summed E-state index contributed by atoms with van der Waals surface area (Å²) in [5, 5.41) is 7.78. The molecule has 2 rings (SSSR count). The minimum absolute atomic E-state index is 0.0316. The molecule has 2 aliphatic rings. The molecule has 0 aromatic rings. The van der Waals surface area contributed by atoms with Crippen LogP contribution in [0.3, 0.4) is 0 Å². The molecule has 0 fully saturated rings. The predicted molar refractivity (Wildman–Crippen MR) is 45.0 cm³/mol. The van der Waals surface area contributed by atoms with E-state index in [1.165, 1.54) is 0 Å². The van der Waals surface area contributed by atoms with Gasteiger partial charge in [0, 0.05) is 0 Å². The van der Waals surface area contributed by atoms with E-state index in [1.807, 2.05) is 16.9 Å². The maximum Gasteiger partial charge on any atom is 0.244 e. The van der Waals surface area contributed by atoms with Gasteiger partial charge in [-0.3, -0.25) is 4.79 Å². The molecule has 0 aliphatic carbocycles. The normalized spacial score (nSPS) is 21.6. The molecule has 2 aliphatic heterocycles. The summed E-state index contributed by atoms with van der Waals surface area (Å²) in [6.07, 6.45) is 2.36. The Morgan fingerprint density at radius 3 is 3.45 bits per heavy atom. The van der Waals surface area contributed by atoms with Gasteiger partial charge in [0.15, 0.2) is 0 Å². The summed E-state index contributed by atoms with van der Waals surface area (Å²) in [6.45, 7) is 0. The molecule has 0 bridgehead atoms. The van der Waals surface area contributed by atoms with Crippen LogP contribution in [-0.2, 0) is 4.79 Å². The van der Waals surface area contributed by atoms with Gasteiger partial charge in [0.05, 0.1) is 12.1 Å². The van der Waals surface area contributed by atoms with Gasteiger partial charge < -0.3 is 0 Å². The number of thioether (sulfide) groups is 1. The Labute approximate surface area is 68.2 Å². The number of nitrogens with one attached hydrogen (secondary N) is 1. The lowest BCUT2D eigenvalue weighted by Crippen LogP contribution is -2.26. The number of hydrogen-bond donors (Lipinski definition) is 1. The quantitative estimate of drug-likeness (QED) is 0.583. The third-order valence-corrected chi connectivity index (χ3v) is 2.21. The topological polar surface area (TPSA) is 41.5 Å². The first-order chi connectivity index (χ1) is 5.36. The van der Waals surface area contributed by atoms with Crippen molar-refractivity contribution in [2.45, 2.75) is 6.42 Å². The van der Waals surface area contributed by atoms with E-state index >= 15 is 0 Å². The van der Waals surface area contributed by atoms with Crippen molar-refractivity contribution >= 4 is 23.4 Å². The minimum Gasteiger partial charge on any atom is -0.273 e. The Hall–Kier alpha value is -1.03. The van der Waals surface area contributed by atoms with E-state index in [4.69, 9.17) is 0 Å². The number of hydrazone groups is 1. The number of carbonyl (C=O) groups is 1. The number of allylic oxidation sites excluding steroid dienone is 1. The Bertz CT molecular complexity index is 291. The lowest BCUT2D eigenvalue weighted by atomic mass is 10.1. The van der Waals surface area contributed by atoms with Crippen LogP contribution in [0.25, 0.3) is 0 Å². The second-order valence-corrected chi connectivity index (χ2v) is 3.07. The Morgan fingerprint density at radius 2 is 2.55 bits per heavy atom. The maximum atomic E-state index is 10.8. The Balaban J connectivity index is 2.35. The Kier molecular flexibility index (Phi) is 1.54. The molecule has 0 spiro atoms. The first-order valence-corrected chi connectivity index (χ1v) is 4.18. The van der Waals surface area contributed by atoms with Gasteiger partial charge in [0.1, 0.15) is 0 Å². The summed E-state index contributed by atoms with van der Waals surface area (Å²) in [4.78, 5) is 10.8. The van der Waals surface area contributed by atoms with Crippen LogP contribution in [0.15, 0.2) is 27.6 Å². The summed E-state index contributed by atoms with van der Waals surface area (Å²) >= 11 is 1.58. The minimum atomic E-state index is -0.0316. The van der Waals surface area contributed by atoms with Crippen LogP contribution >= 0.6 is 11.8 Å². The monoisotopic (exact) mass is 166 g/mol. The van der Waals surface area contributed by atoms with Crippen LogP contribution in [0.2, 0.25) is 0 Å². The summed E-state index contributed by atoms with van der Waals surface area (Å²) in [5.41, 5.74) is 4.32. The first-order valence-electron chi connectivity index (χ1n) is 3.24. The van der Waals surface area contributed by atoms with Gasteiger partial charge in [-0.05, 0) is 22.5 Å². The number of carbonyl (C=O) groups excluding carboxylic acids is 1. The van der Waals surface area contributed by atoms with E-state index in [1.54, 1.807) is 11.8 Å². The van der Waals surface area contributed by atoms with Crippen LogP contribution in [0.1, 0.15) is 6.42 Å². The second kappa shape index (κ2) is 2.54. The van der Waals surface area contributed by atoms with Gasteiger partial charge in [0.25, 0.3) is 0 Å². The largest absolute Gasteiger partial charge is 0.273 e. The fraction of sp³-hybridized carbons (Fsp3) is 0.143. The Morgan fingerprint density at radius 1 is 1.64 bits per heavy atom. The zero-order valence-electron chi connectivity index (χ0n) is 5.70. The lowest BCUT2D eigenvalue weighted by Gasteiger charge is -2.14. The SMILES string of the molecule is O=C1CC2=CSC=CC2=NN1. The van der Waals surface area contributed by atoms with Gasteiger partial charge in [-0.15, -0.1) is 11.8 Å². The van der Waals surface area contributed by atoms with Crippen LogP contribution in [0.4, 0.5) is 0 Å². The van der Waals surface area contributed by atoms with Crippen LogP contribution in [0.5, 0.6) is 0 Å². The van der Waals surface area contributed by atoms with E-state index in [-0.39, 0.29) is 5.91 Å². The molecule has 0 atom stereocenters. The van der Waals surface area contributed by atoms with E-state index in [0.29, 0.717) is 6.42 Å². The summed E-state index contributed by atoms with van der Waals surface area (Å²) < 4.78 is 0. The average Bonchev–Trinajstić information content (AvgIpc) is 2.04. The van der Waals surface area contributed by atoms with Gasteiger partial charge in [-0.2, -0.15) is 5.10 Å². The highest BCUT2D eigenvalue weighted by atomic mass is 32.2. The zero-order valence-corrected chi connectivity index (χ0v) is 6.52. The van der Waals surface area contributed by atoms with Gasteiger partial charge in [0.2, 0.25) is 5.91 Å². The number of fused-ring (bicyclic) bond motifs is 1. The average molecular weight is 166 g/mol. The molecule has 11 heavy (non-hydrogen) atoms. The van der Waals surface area contributed by atoms with Gasteiger partial charge >= 0.3 is 0 Å². The van der Waals surface area contributed by atoms with Crippen molar-refractivity contribution in [2.24, 2.45) is 5.10 Å². The smallest absolute Gasteiger partial charge is 0.244 e. The molecular weight excluding hydrogens is 160 g/mol. The fourth-order valence-electron chi connectivity index (χ4n) is 0.969. The highest BCUT2D eigenvalue weighted by Gasteiger charge is 2.16. The first kappa shape index (κ1) is 6.67. The molecule has 1 amide bonds. The maximum absolute atomic E-state index is 10.8. The number of nitrogens with zero attached hydrogens (tertiary/aromatic N) is 1. The number of amides is 1. The molecule has 3 nitrogen and oxygen atoms in total. The molecule has 56 valence electrons. The molecule has 0 saturated heterocycles. The van der Waals surface area contributed by atoms with Gasteiger partial charge in [-0.1, -0.05) is 0 Å². The van der Waals surface area contributed by atoms with Crippen molar-refractivity contribution in [2.75, 3.05) is 0 Å². The molecular formula is C7H6N2OS. The summed E-state index contributed by atoms with van der Waals surface area (Å²) in [6, 6.07) is 0. The lowest BCUT2D eigenvalue weighted by molar-refractivity contribution is -0.120. The van der Waals surface area contributed by atoms with Crippen LogP contribution in [0, 0.1) is 0 Å². The molecule has 1 N–H and O–H groups in total. The zero-order chi connectivity index (χ0) is 7.68. The second-order valence-electron chi connectivity index (χ2n) is 2.29.